The summed E-state index contributed by atoms with van der Waals surface area (Å²) < 4.78 is 6.23. The Morgan fingerprint density at radius 1 is 1.29 bits per heavy atom. The molecule has 1 aliphatic heterocycles. The van der Waals surface area contributed by atoms with Crippen LogP contribution in [0.4, 0.5) is 0 Å². The molecule has 0 radical (unpaired) electrons. The van der Waals surface area contributed by atoms with Crippen LogP contribution in [0.2, 0.25) is 0 Å². The van der Waals surface area contributed by atoms with E-state index in [0.29, 0.717) is 12.8 Å². The molecule has 24 heavy (non-hydrogen) atoms. The number of fused-ring (bicyclic) bond motifs is 3. The van der Waals surface area contributed by atoms with Crippen LogP contribution in [0, 0.1) is 0 Å². The summed E-state index contributed by atoms with van der Waals surface area (Å²) in [6, 6.07) is 12.3. The number of amides is 1. The topological polar surface area (TPSA) is 42.4 Å². The van der Waals surface area contributed by atoms with Gasteiger partial charge in [0.1, 0.15) is 5.72 Å². The first kappa shape index (κ1) is 15.3. The zero-order valence-electron chi connectivity index (χ0n) is 14.1. The molecule has 2 aliphatic rings. The van der Waals surface area contributed by atoms with E-state index in [1.54, 1.807) is 6.20 Å². The van der Waals surface area contributed by atoms with Crippen LogP contribution in [0.5, 0.6) is 0 Å². The second-order valence-corrected chi connectivity index (χ2v) is 7.08. The smallest absolute Gasteiger partial charge is 0.225 e. The maximum absolute atomic E-state index is 13.0. The number of benzene rings is 1. The van der Waals surface area contributed by atoms with Crippen molar-refractivity contribution < 1.29 is 9.53 Å². The molecule has 124 valence electrons. The van der Waals surface area contributed by atoms with E-state index in [1.807, 2.05) is 43.1 Å². The van der Waals surface area contributed by atoms with Gasteiger partial charge in [-0.2, -0.15) is 0 Å². The van der Waals surface area contributed by atoms with Crippen LogP contribution < -0.4 is 0 Å². The van der Waals surface area contributed by atoms with Crippen LogP contribution in [0.3, 0.4) is 0 Å². The summed E-state index contributed by atoms with van der Waals surface area (Å²) in [5.74, 6) is 0.146. The zero-order valence-corrected chi connectivity index (χ0v) is 14.1. The lowest BCUT2D eigenvalue weighted by atomic mass is 10.0. The van der Waals surface area contributed by atoms with Gasteiger partial charge in [-0.05, 0) is 43.0 Å². The predicted octanol–water partition coefficient (Wildman–Crippen LogP) is 3.28. The molecule has 2 aromatic rings. The number of aryl methyl sites for hydroxylation is 1. The van der Waals surface area contributed by atoms with Crippen LogP contribution in [-0.2, 0) is 22.4 Å². The fourth-order valence-corrected chi connectivity index (χ4v) is 4.08. The van der Waals surface area contributed by atoms with Gasteiger partial charge in [-0.1, -0.05) is 30.3 Å². The summed E-state index contributed by atoms with van der Waals surface area (Å²) in [6.07, 6.45) is 5.72. The summed E-state index contributed by atoms with van der Waals surface area (Å²) in [4.78, 5) is 19.1. The highest BCUT2D eigenvalue weighted by Gasteiger charge is 2.53. The molecule has 1 aromatic carbocycles. The lowest BCUT2D eigenvalue weighted by molar-refractivity contribution is -0.147. The maximum atomic E-state index is 13.0. The Morgan fingerprint density at radius 2 is 2.12 bits per heavy atom. The molecule has 1 fully saturated rings. The highest BCUT2D eigenvalue weighted by Crippen LogP contribution is 2.48. The molecule has 2 heterocycles. The number of pyridine rings is 1. The summed E-state index contributed by atoms with van der Waals surface area (Å²) in [5.41, 5.74) is 3.07. The predicted molar refractivity (Wildman–Crippen MR) is 91.2 cm³/mol. The van der Waals surface area contributed by atoms with Gasteiger partial charge in [-0.15, -0.1) is 0 Å². The van der Waals surface area contributed by atoms with E-state index in [0.717, 1.165) is 12.0 Å². The zero-order chi connectivity index (χ0) is 16.7. The minimum atomic E-state index is -0.561. The number of carbonyl (C=O) groups excluding carboxylic acids is 1. The third-order valence-electron chi connectivity index (χ3n) is 5.06. The van der Waals surface area contributed by atoms with Crippen LogP contribution in [0.1, 0.15) is 43.0 Å². The van der Waals surface area contributed by atoms with Gasteiger partial charge >= 0.3 is 0 Å². The highest BCUT2D eigenvalue weighted by molar-refractivity contribution is 5.78. The molecule has 1 aromatic heterocycles. The molecule has 0 bridgehead atoms. The monoisotopic (exact) mass is 322 g/mol. The minimum absolute atomic E-state index is 0.0394. The molecule has 2 atom stereocenters. The molecule has 4 heteroatoms. The third kappa shape index (κ3) is 2.51. The van der Waals surface area contributed by atoms with Gasteiger partial charge < -0.3 is 9.64 Å². The lowest BCUT2D eigenvalue weighted by Gasteiger charge is -2.34. The number of aromatic nitrogens is 1. The number of nitrogens with zero attached hydrogens (tertiary/aromatic N) is 2. The van der Waals surface area contributed by atoms with Gasteiger partial charge in [0.2, 0.25) is 5.91 Å². The van der Waals surface area contributed by atoms with E-state index < -0.39 is 5.72 Å². The van der Waals surface area contributed by atoms with Crippen molar-refractivity contribution in [1.82, 2.24) is 9.88 Å². The Hall–Kier alpha value is -2.20. The van der Waals surface area contributed by atoms with Crippen molar-refractivity contribution in [3.8, 4) is 0 Å². The minimum Gasteiger partial charge on any atom is -0.350 e. The number of rotatable bonds is 3. The van der Waals surface area contributed by atoms with Crippen molar-refractivity contribution in [3.63, 3.8) is 0 Å². The molecule has 0 unspecified atom stereocenters. The maximum Gasteiger partial charge on any atom is 0.225 e. The van der Waals surface area contributed by atoms with E-state index in [2.05, 4.69) is 23.2 Å². The Morgan fingerprint density at radius 3 is 2.92 bits per heavy atom. The normalized spacial score (nSPS) is 23.8. The molecular weight excluding hydrogens is 300 g/mol. The van der Waals surface area contributed by atoms with E-state index in [4.69, 9.17) is 4.74 Å². The van der Waals surface area contributed by atoms with E-state index in [1.165, 1.54) is 11.1 Å². The lowest BCUT2D eigenvalue weighted by Crippen LogP contribution is -2.44. The molecule has 0 spiro atoms. The Labute approximate surface area is 142 Å². The average molecular weight is 322 g/mol. The Bertz CT molecular complexity index is 757. The Kier molecular flexibility index (Phi) is 3.65. The van der Waals surface area contributed by atoms with Crippen molar-refractivity contribution in [1.29, 1.82) is 0 Å². The molecule has 4 nitrogen and oxygen atoms in total. The van der Waals surface area contributed by atoms with Crippen molar-refractivity contribution >= 4 is 5.91 Å². The summed E-state index contributed by atoms with van der Waals surface area (Å²) >= 11 is 0. The van der Waals surface area contributed by atoms with Gasteiger partial charge in [0.25, 0.3) is 0 Å². The molecule has 1 amide bonds. The number of hydrogen-bond acceptors (Lipinski definition) is 3. The first-order valence-electron chi connectivity index (χ1n) is 8.53. The first-order valence-corrected chi connectivity index (χ1v) is 8.53. The van der Waals surface area contributed by atoms with Gasteiger partial charge in [0.15, 0.2) is 0 Å². The molecule has 4 rings (SSSR count). The highest BCUT2D eigenvalue weighted by atomic mass is 16.5. The average Bonchev–Trinajstić information content (AvgIpc) is 3.04. The summed E-state index contributed by atoms with van der Waals surface area (Å²) in [7, 11) is 0. The number of carbonyl (C=O) groups is 1. The number of ether oxygens (including phenoxy) is 1. The second-order valence-electron chi connectivity index (χ2n) is 7.08. The molecule has 0 saturated carbocycles. The standard InChI is InChI=1S/C20H22N2O2/c1-20(2)22(18(23)10-9-14-6-5-11-21-13-14)19-16-8-4-3-7-15(16)12-17(19)24-20/h3-8,11,13,17,19H,9-10,12H2,1-2H3/t17-,19+/m1/s1. The van der Waals surface area contributed by atoms with Crippen LogP contribution in [-0.4, -0.2) is 27.6 Å². The van der Waals surface area contributed by atoms with Crippen molar-refractivity contribution in [3.05, 3.63) is 65.5 Å². The van der Waals surface area contributed by atoms with Gasteiger partial charge in [0.05, 0.1) is 12.1 Å². The Balaban J connectivity index is 1.57. The molecule has 0 N–H and O–H groups in total. The van der Waals surface area contributed by atoms with E-state index in [9.17, 15) is 4.79 Å². The van der Waals surface area contributed by atoms with Crippen molar-refractivity contribution in [2.24, 2.45) is 0 Å². The van der Waals surface area contributed by atoms with Crippen LogP contribution in [0.25, 0.3) is 0 Å². The second kappa shape index (κ2) is 5.71. The van der Waals surface area contributed by atoms with E-state index in [-0.39, 0.29) is 18.1 Å². The van der Waals surface area contributed by atoms with Gasteiger partial charge in [-0.3, -0.25) is 9.78 Å². The first-order chi connectivity index (χ1) is 11.6. The largest absolute Gasteiger partial charge is 0.350 e. The van der Waals surface area contributed by atoms with Crippen molar-refractivity contribution in [2.45, 2.75) is 51.0 Å². The van der Waals surface area contributed by atoms with Crippen LogP contribution >= 0.6 is 0 Å². The quantitative estimate of drug-likeness (QED) is 0.871. The molecular formula is C20H22N2O2. The molecule has 1 saturated heterocycles. The summed E-state index contributed by atoms with van der Waals surface area (Å²) in [6.45, 7) is 3.99. The van der Waals surface area contributed by atoms with Crippen LogP contribution in [0.15, 0.2) is 48.8 Å². The summed E-state index contributed by atoms with van der Waals surface area (Å²) in [5, 5.41) is 0. The van der Waals surface area contributed by atoms with E-state index >= 15 is 0 Å². The van der Waals surface area contributed by atoms with Crippen molar-refractivity contribution in [2.75, 3.05) is 0 Å². The fraction of sp³-hybridized carbons (Fsp3) is 0.400. The van der Waals surface area contributed by atoms with Gasteiger partial charge in [-0.25, -0.2) is 0 Å². The fourth-order valence-electron chi connectivity index (χ4n) is 4.08. The SMILES string of the molecule is CC1(C)O[C@@H]2Cc3ccccc3[C@@H]2N1C(=O)CCc1cccnc1. The number of hydrogen-bond donors (Lipinski definition) is 0. The third-order valence-corrected chi connectivity index (χ3v) is 5.06. The molecule has 1 aliphatic carbocycles. The van der Waals surface area contributed by atoms with Gasteiger partial charge in [0, 0.05) is 25.2 Å².